The second-order valence-corrected chi connectivity index (χ2v) is 9.06. The van der Waals surface area contributed by atoms with E-state index in [1.807, 2.05) is 6.07 Å². The van der Waals surface area contributed by atoms with Gasteiger partial charge in [-0.1, -0.05) is 37.3 Å². The molecule has 0 unspecified atom stereocenters. The van der Waals surface area contributed by atoms with Gasteiger partial charge in [-0.05, 0) is 76.7 Å². The number of H-pyrrole nitrogens is 1. The molecule has 1 N–H and O–H groups in total. The fourth-order valence-corrected chi connectivity index (χ4v) is 5.22. The summed E-state index contributed by atoms with van der Waals surface area (Å²) in [4.78, 5) is 7.64. The number of fused-ring (bicyclic) bond motifs is 4. The van der Waals surface area contributed by atoms with E-state index in [1.165, 1.54) is 5.56 Å². The highest BCUT2D eigenvalue weighted by molar-refractivity contribution is 6.01. The van der Waals surface area contributed by atoms with Gasteiger partial charge in [0.25, 0.3) is 0 Å². The van der Waals surface area contributed by atoms with Gasteiger partial charge in [-0.2, -0.15) is 0 Å². The maximum Gasteiger partial charge on any atom is 0.231 e. The molecule has 5 aromatic rings. The van der Waals surface area contributed by atoms with E-state index in [0.717, 1.165) is 79.0 Å². The number of hydrogen-bond donors (Lipinski definition) is 1. The molecule has 6 heteroatoms. The first-order chi connectivity index (χ1) is 17.7. The number of allylic oxidation sites excluding steroid dienone is 1. The maximum absolute atomic E-state index is 6.00. The van der Waals surface area contributed by atoms with Gasteiger partial charge in [0.05, 0.1) is 17.4 Å². The molecule has 0 saturated heterocycles. The summed E-state index contributed by atoms with van der Waals surface area (Å²) >= 11 is 0. The largest absolute Gasteiger partial charge is 0.454 e. The Morgan fingerprint density at radius 3 is 2.61 bits per heavy atom. The molecule has 0 saturated carbocycles. The number of ether oxygens (including phenoxy) is 4. The third kappa shape index (κ3) is 3.14. The highest BCUT2D eigenvalue weighted by Crippen LogP contribution is 2.50. The molecule has 3 heterocycles. The van der Waals surface area contributed by atoms with Crippen molar-refractivity contribution in [2.75, 3.05) is 13.6 Å². The van der Waals surface area contributed by atoms with Crippen LogP contribution >= 0.6 is 0 Å². The average molecular weight is 477 g/mol. The zero-order valence-corrected chi connectivity index (χ0v) is 20.1. The Labute approximate surface area is 208 Å². The Morgan fingerprint density at radius 2 is 1.72 bits per heavy atom. The highest BCUT2D eigenvalue weighted by atomic mass is 16.7. The lowest BCUT2D eigenvalue weighted by Crippen LogP contribution is -1.96. The number of aromatic nitrogens is 2. The van der Waals surface area contributed by atoms with Crippen molar-refractivity contribution in [2.45, 2.75) is 20.3 Å². The lowest BCUT2D eigenvalue weighted by molar-refractivity contribution is 0.173. The van der Waals surface area contributed by atoms with Crippen LogP contribution in [-0.4, -0.2) is 23.6 Å². The molecule has 178 valence electrons. The van der Waals surface area contributed by atoms with Gasteiger partial charge in [-0.25, -0.2) is 4.98 Å². The van der Waals surface area contributed by atoms with Gasteiger partial charge in [0.2, 0.25) is 13.6 Å². The van der Waals surface area contributed by atoms with Gasteiger partial charge in [0.1, 0.15) is 0 Å². The van der Waals surface area contributed by atoms with Crippen LogP contribution in [0.1, 0.15) is 24.5 Å². The van der Waals surface area contributed by atoms with Crippen LogP contribution in [0.25, 0.3) is 50.1 Å². The first kappa shape index (κ1) is 20.9. The van der Waals surface area contributed by atoms with Crippen LogP contribution in [0.15, 0.2) is 60.9 Å². The van der Waals surface area contributed by atoms with Crippen LogP contribution in [0.3, 0.4) is 0 Å². The Bertz CT molecular complexity index is 1700. The molecule has 4 aromatic carbocycles. The van der Waals surface area contributed by atoms with Crippen molar-refractivity contribution in [3.63, 3.8) is 0 Å². The minimum absolute atomic E-state index is 0.213. The van der Waals surface area contributed by atoms with E-state index in [9.17, 15) is 0 Å². The van der Waals surface area contributed by atoms with Gasteiger partial charge < -0.3 is 23.9 Å². The number of hydrogen-bond acceptors (Lipinski definition) is 5. The Balaban J connectivity index is 1.55. The second kappa shape index (κ2) is 8.05. The maximum atomic E-state index is 6.00. The zero-order valence-electron chi connectivity index (χ0n) is 20.1. The van der Waals surface area contributed by atoms with Crippen LogP contribution in [0.4, 0.5) is 0 Å². The molecule has 0 bridgehead atoms. The molecule has 36 heavy (non-hydrogen) atoms. The number of aryl methyl sites for hydroxylation is 1. The quantitative estimate of drug-likeness (QED) is 0.296. The van der Waals surface area contributed by atoms with Crippen LogP contribution in [0, 0.1) is 6.92 Å². The van der Waals surface area contributed by atoms with E-state index in [2.05, 4.69) is 78.4 Å². The van der Waals surface area contributed by atoms with Crippen LogP contribution in [0.5, 0.6) is 23.0 Å². The molecule has 0 fully saturated rings. The van der Waals surface area contributed by atoms with E-state index in [4.69, 9.17) is 18.9 Å². The molecule has 0 atom stereocenters. The minimum atomic E-state index is 0.213. The summed E-state index contributed by atoms with van der Waals surface area (Å²) in [6, 6.07) is 16.9. The van der Waals surface area contributed by atoms with Crippen molar-refractivity contribution in [1.29, 1.82) is 0 Å². The van der Waals surface area contributed by atoms with E-state index in [1.54, 1.807) is 6.33 Å². The lowest BCUT2D eigenvalue weighted by atomic mass is 9.85. The molecule has 0 spiro atoms. The number of benzene rings is 4. The summed E-state index contributed by atoms with van der Waals surface area (Å²) in [5.74, 6) is 3.12. The Morgan fingerprint density at radius 1 is 0.889 bits per heavy atom. The first-order valence-corrected chi connectivity index (χ1v) is 12.1. The molecular formula is C30H24N2O4. The Hall–Kier alpha value is -4.45. The summed E-state index contributed by atoms with van der Waals surface area (Å²) in [6.07, 6.45) is 6.96. The molecule has 0 aliphatic carbocycles. The fourth-order valence-electron chi connectivity index (χ4n) is 5.22. The van der Waals surface area contributed by atoms with Crippen molar-refractivity contribution in [3.05, 3.63) is 72.1 Å². The number of aromatic amines is 1. The van der Waals surface area contributed by atoms with Crippen LogP contribution in [0.2, 0.25) is 0 Å². The number of nitrogens with zero attached hydrogens (tertiary/aromatic N) is 1. The van der Waals surface area contributed by atoms with E-state index in [-0.39, 0.29) is 13.6 Å². The fraction of sp³-hybridized carbons (Fsp3) is 0.167. The predicted molar refractivity (Wildman–Crippen MR) is 141 cm³/mol. The molecule has 2 aliphatic rings. The smallest absolute Gasteiger partial charge is 0.231 e. The van der Waals surface area contributed by atoms with Gasteiger partial charge >= 0.3 is 0 Å². The monoisotopic (exact) mass is 476 g/mol. The van der Waals surface area contributed by atoms with Crippen molar-refractivity contribution >= 4 is 27.9 Å². The molecule has 2 aliphatic heterocycles. The highest BCUT2D eigenvalue weighted by Gasteiger charge is 2.26. The topological polar surface area (TPSA) is 65.6 Å². The van der Waals surface area contributed by atoms with Gasteiger partial charge in [-0.3, -0.25) is 0 Å². The second-order valence-electron chi connectivity index (χ2n) is 9.06. The average Bonchev–Trinajstić information content (AvgIpc) is 3.66. The van der Waals surface area contributed by atoms with Gasteiger partial charge in [0, 0.05) is 11.1 Å². The van der Waals surface area contributed by atoms with Crippen molar-refractivity contribution in [1.82, 2.24) is 9.97 Å². The summed E-state index contributed by atoms with van der Waals surface area (Å²) in [7, 11) is 0. The number of nitrogens with one attached hydrogen (secondary N) is 1. The van der Waals surface area contributed by atoms with Gasteiger partial charge in [-0.15, -0.1) is 0 Å². The molecule has 7 rings (SSSR count). The SMILES string of the molecule is CC/C=C\c1c2c(cc(-c3ccc4nc[nH]c4c3)c1-c1ccc3cc4c(cc3c1C)OCO4)OCO2. The Kier molecular flexibility index (Phi) is 4.67. The van der Waals surface area contributed by atoms with Crippen molar-refractivity contribution < 1.29 is 18.9 Å². The third-order valence-corrected chi connectivity index (χ3v) is 7.00. The molecule has 6 nitrogen and oxygen atoms in total. The van der Waals surface area contributed by atoms with Gasteiger partial charge in [0.15, 0.2) is 23.0 Å². The molecular weight excluding hydrogens is 452 g/mol. The van der Waals surface area contributed by atoms with Crippen LogP contribution in [-0.2, 0) is 0 Å². The molecule has 1 aromatic heterocycles. The van der Waals surface area contributed by atoms with E-state index < -0.39 is 0 Å². The first-order valence-electron chi connectivity index (χ1n) is 12.1. The summed E-state index contributed by atoms with van der Waals surface area (Å²) in [5, 5.41) is 2.25. The number of rotatable bonds is 4. The summed E-state index contributed by atoms with van der Waals surface area (Å²) < 4.78 is 23.2. The summed E-state index contributed by atoms with van der Waals surface area (Å²) in [5.41, 5.74) is 8.52. The van der Waals surface area contributed by atoms with Crippen molar-refractivity contribution in [3.8, 4) is 45.3 Å². The minimum Gasteiger partial charge on any atom is -0.454 e. The molecule has 0 amide bonds. The summed E-state index contributed by atoms with van der Waals surface area (Å²) in [6.45, 7) is 4.77. The predicted octanol–water partition coefficient (Wildman–Crippen LogP) is 7.24. The van der Waals surface area contributed by atoms with Crippen LogP contribution < -0.4 is 18.9 Å². The zero-order chi connectivity index (χ0) is 24.2. The van der Waals surface area contributed by atoms with E-state index in [0.29, 0.717) is 0 Å². The third-order valence-electron chi connectivity index (χ3n) is 7.00. The van der Waals surface area contributed by atoms with Crippen molar-refractivity contribution in [2.24, 2.45) is 0 Å². The van der Waals surface area contributed by atoms with E-state index >= 15 is 0 Å². The number of imidazole rings is 1. The normalized spacial score (nSPS) is 13.9. The lowest BCUT2D eigenvalue weighted by Gasteiger charge is -2.19. The standard InChI is InChI=1S/C30H24N2O4/c1-3-4-5-21-29(20-8-6-19-11-26-27(34-15-33-26)12-22(19)17(20)2)23(13-28-30(21)36-16-35-28)18-7-9-24-25(10-18)32-14-31-24/h4-14H,3,15-16H2,1-2H3,(H,31,32)/b5-4-. The molecule has 0 radical (unpaired) electrons.